The van der Waals surface area contributed by atoms with E-state index in [1.165, 1.54) is 31.2 Å². The Hall–Kier alpha value is -3.30. The number of carbonyl (C=O) groups excluding carboxylic acids is 1. The summed E-state index contributed by atoms with van der Waals surface area (Å²) in [5, 5.41) is 11.4. The van der Waals surface area contributed by atoms with Gasteiger partial charge < -0.3 is 14.2 Å². The summed E-state index contributed by atoms with van der Waals surface area (Å²) in [6.45, 7) is 1.90. The first-order chi connectivity index (χ1) is 14.2. The van der Waals surface area contributed by atoms with Crippen LogP contribution in [0.2, 0.25) is 0 Å². The number of halogens is 3. The Balaban J connectivity index is 1.99. The lowest BCUT2D eigenvalue weighted by atomic mass is 10.0. The Kier molecular flexibility index (Phi) is 8.02. The van der Waals surface area contributed by atoms with E-state index in [9.17, 15) is 28.1 Å². The number of nitro groups is 1. The minimum absolute atomic E-state index is 0.0979. The number of nitro benzene ring substituents is 1. The molecule has 0 spiro atoms. The van der Waals surface area contributed by atoms with E-state index in [-0.39, 0.29) is 29.8 Å². The van der Waals surface area contributed by atoms with Gasteiger partial charge in [0.1, 0.15) is 5.75 Å². The van der Waals surface area contributed by atoms with Gasteiger partial charge in [-0.2, -0.15) is 0 Å². The van der Waals surface area contributed by atoms with Gasteiger partial charge in [-0.3, -0.25) is 14.9 Å². The SMILES string of the molecule is CC(=O)OCCCCCOc1ccc(-c2ccc(OC(F)(F)F)cc2)cc1[N+](=O)[O-]. The molecule has 0 bridgehead atoms. The molecule has 0 saturated heterocycles. The summed E-state index contributed by atoms with van der Waals surface area (Å²) < 4.78 is 50.8. The summed E-state index contributed by atoms with van der Waals surface area (Å²) in [7, 11) is 0. The fourth-order valence-corrected chi connectivity index (χ4v) is 2.59. The average molecular weight is 427 g/mol. The molecule has 162 valence electrons. The molecule has 0 aromatic heterocycles. The van der Waals surface area contributed by atoms with Crippen LogP contribution in [0.1, 0.15) is 26.2 Å². The number of alkyl halides is 3. The van der Waals surface area contributed by atoms with Gasteiger partial charge in [-0.15, -0.1) is 13.2 Å². The van der Waals surface area contributed by atoms with Crippen LogP contribution in [-0.4, -0.2) is 30.5 Å². The molecular formula is C20H20F3NO6. The summed E-state index contributed by atoms with van der Waals surface area (Å²) in [5.74, 6) is -0.625. The summed E-state index contributed by atoms with van der Waals surface area (Å²) >= 11 is 0. The van der Waals surface area contributed by atoms with Gasteiger partial charge in [0.2, 0.25) is 0 Å². The maximum absolute atomic E-state index is 12.2. The highest BCUT2D eigenvalue weighted by molar-refractivity contribution is 5.69. The molecule has 30 heavy (non-hydrogen) atoms. The topological polar surface area (TPSA) is 87.9 Å². The van der Waals surface area contributed by atoms with Gasteiger partial charge in [-0.25, -0.2) is 0 Å². The minimum atomic E-state index is -4.79. The van der Waals surface area contributed by atoms with Gasteiger partial charge in [0.15, 0.2) is 5.75 Å². The van der Waals surface area contributed by atoms with Crippen LogP contribution in [0.4, 0.5) is 18.9 Å². The molecule has 0 unspecified atom stereocenters. The molecule has 0 radical (unpaired) electrons. The van der Waals surface area contributed by atoms with Crippen molar-refractivity contribution in [3.63, 3.8) is 0 Å². The van der Waals surface area contributed by atoms with Crippen LogP contribution < -0.4 is 9.47 Å². The van der Waals surface area contributed by atoms with Crippen molar-refractivity contribution in [1.82, 2.24) is 0 Å². The summed E-state index contributed by atoms with van der Waals surface area (Å²) in [4.78, 5) is 21.5. The summed E-state index contributed by atoms with van der Waals surface area (Å²) in [5.41, 5.74) is 0.696. The number of ether oxygens (including phenoxy) is 3. The van der Waals surface area contributed by atoms with Crippen molar-refractivity contribution in [3.8, 4) is 22.6 Å². The molecule has 7 nitrogen and oxygen atoms in total. The lowest BCUT2D eigenvalue weighted by molar-refractivity contribution is -0.385. The Morgan fingerprint density at radius 2 is 1.63 bits per heavy atom. The molecule has 0 saturated carbocycles. The highest BCUT2D eigenvalue weighted by Crippen LogP contribution is 2.33. The first-order valence-electron chi connectivity index (χ1n) is 9.06. The number of rotatable bonds is 10. The van der Waals surface area contributed by atoms with E-state index in [1.807, 2.05) is 0 Å². The lowest BCUT2D eigenvalue weighted by Gasteiger charge is -2.10. The highest BCUT2D eigenvalue weighted by Gasteiger charge is 2.31. The molecule has 10 heteroatoms. The van der Waals surface area contributed by atoms with Crippen molar-refractivity contribution in [2.24, 2.45) is 0 Å². The standard InChI is InChI=1S/C20H20F3NO6/c1-14(25)28-11-3-2-4-12-29-19-10-7-16(13-18(19)24(26)27)15-5-8-17(9-6-15)30-20(21,22)23/h5-10,13H,2-4,11-12H2,1H3. The zero-order valence-corrected chi connectivity index (χ0v) is 16.1. The second-order valence-corrected chi connectivity index (χ2v) is 6.26. The zero-order chi connectivity index (χ0) is 22.1. The lowest BCUT2D eigenvalue weighted by Crippen LogP contribution is -2.16. The fourth-order valence-electron chi connectivity index (χ4n) is 2.59. The van der Waals surface area contributed by atoms with E-state index in [4.69, 9.17) is 9.47 Å². The van der Waals surface area contributed by atoms with E-state index < -0.39 is 11.3 Å². The third-order valence-electron chi connectivity index (χ3n) is 3.93. The van der Waals surface area contributed by atoms with Crippen LogP contribution in [0.15, 0.2) is 42.5 Å². The monoisotopic (exact) mass is 427 g/mol. The Morgan fingerprint density at radius 3 is 2.23 bits per heavy atom. The number of hydrogen-bond acceptors (Lipinski definition) is 6. The van der Waals surface area contributed by atoms with Crippen LogP contribution in [0.25, 0.3) is 11.1 Å². The van der Waals surface area contributed by atoms with Crippen LogP contribution in [0.5, 0.6) is 11.5 Å². The quantitative estimate of drug-likeness (QED) is 0.222. The molecule has 0 atom stereocenters. The minimum Gasteiger partial charge on any atom is -0.487 e. The predicted molar refractivity (Wildman–Crippen MR) is 101 cm³/mol. The molecule has 0 N–H and O–H groups in total. The predicted octanol–water partition coefficient (Wildman–Crippen LogP) is 5.27. The van der Waals surface area contributed by atoms with Crippen molar-refractivity contribution >= 4 is 11.7 Å². The second-order valence-electron chi connectivity index (χ2n) is 6.26. The number of hydrogen-bond donors (Lipinski definition) is 0. The van der Waals surface area contributed by atoms with Crippen LogP contribution in [0, 0.1) is 10.1 Å². The van der Waals surface area contributed by atoms with Gasteiger partial charge >= 0.3 is 18.0 Å². The van der Waals surface area contributed by atoms with Gasteiger partial charge in [0.25, 0.3) is 0 Å². The molecule has 0 fully saturated rings. The van der Waals surface area contributed by atoms with Crippen molar-refractivity contribution in [3.05, 3.63) is 52.6 Å². The largest absolute Gasteiger partial charge is 0.573 e. The molecular weight excluding hydrogens is 407 g/mol. The third kappa shape index (κ3) is 7.61. The summed E-state index contributed by atoms with van der Waals surface area (Å²) in [6, 6.07) is 9.36. The fraction of sp³-hybridized carbons (Fsp3) is 0.350. The molecule has 0 aliphatic rings. The number of nitrogens with zero attached hydrogens (tertiary/aromatic N) is 1. The Morgan fingerprint density at radius 1 is 1.00 bits per heavy atom. The molecule has 0 aliphatic carbocycles. The van der Waals surface area contributed by atoms with Crippen molar-refractivity contribution in [1.29, 1.82) is 0 Å². The number of unbranched alkanes of at least 4 members (excludes halogenated alkanes) is 2. The molecule has 2 rings (SSSR count). The van der Waals surface area contributed by atoms with Crippen molar-refractivity contribution in [2.45, 2.75) is 32.5 Å². The number of esters is 1. The Bertz CT molecular complexity index is 868. The van der Waals surface area contributed by atoms with Gasteiger partial charge in [-0.1, -0.05) is 18.2 Å². The maximum Gasteiger partial charge on any atom is 0.573 e. The normalized spacial score (nSPS) is 11.1. The van der Waals surface area contributed by atoms with Crippen LogP contribution in [0.3, 0.4) is 0 Å². The first kappa shape index (κ1) is 23.0. The van der Waals surface area contributed by atoms with E-state index in [0.29, 0.717) is 30.6 Å². The van der Waals surface area contributed by atoms with Crippen molar-refractivity contribution < 1.29 is 37.1 Å². The summed E-state index contributed by atoms with van der Waals surface area (Å²) in [6.07, 6.45) is -2.77. The van der Waals surface area contributed by atoms with Crippen LogP contribution in [-0.2, 0) is 9.53 Å². The van der Waals surface area contributed by atoms with Gasteiger partial charge in [0, 0.05) is 13.0 Å². The zero-order valence-electron chi connectivity index (χ0n) is 16.1. The molecule has 0 amide bonds. The first-order valence-corrected chi connectivity index (χ1v) is 9.06. The average Bonchev–Trinajstić information content (AvgIpc) is 2.66. The Labute approximate surface area is 170 Å². The molecule has 0 heterocycles. The number of carbonyl (C=O) groups is 1. The molecule has 2 aromatic rings. The van der Waals surface area contributed by atoms with E-state index >= 15 is 0 Å². The third-order valence-corrected chi connectivity index (χ3v) is 3.93. The second kappa shape index (κ2) is 10.5. The smallest absolute Gasteiger partial charge is 0.487 e. The highest BCUT2D eigenvalue weighted by atomic mass is 19.4. The van der Waals surface area contributed by atoms with Crippen LogP contribution >= 0.6 is 0 Å². The van der Waals surface area contributed by atoms with Gasteiger partial charge in [0.05, 0.1) is 18.1 Å². The van der Waals surface area contributed by atoms with Gasteiger partial charge in [-0.05, 0) is 48.6 Å². The van der Waals surface area contributed by atoms with E-state index in [2.05, 4.69) is 4.74 Å². The van der Waals surface area contributed by atoms with E-state index in [0.717, 1.165) is 18.6 Å². The van der Waals surface area contributed by atoms with E-state index in [1.54, 1.807) is 6.07 Å². The maximum atomic E-state index is 12.2. The molecule has 0 aliphatic heterocycles. The number of benzene rings is 2. The van der Waals surface area contributed by atoms with Crippen molar-refractivity contribution in [2.75, 3.05) is 13.2 Å². The molecule has 2 aromatic carbocycles.